The number of hydrogen-bond acceptors (Lipinski definition) is 4. The topological polar surface area (TPSA) is 72.6 Å². The van der Waals surface area contributed by atoms with Gasteiger partial charge in [0.05, 0.1) is 19.6 Å². The Labute approximate surface area is 116 Å². The van der Waals surface area contributed by atoms with E-state index in [2.05, 4.69) is 4.74 Å². The Morgan fingerprint density at radius 1 is 1.16 bits per heavy atom. The standard InChI is InChI=1S/C14H28N2O3/c1-10(2)8-12(15)14(18)16(9-11(3)4)7-6-13(17)19-5/h10-12H,6-9,15H2,1-5H3/t12-/m1/s1. The molecule has 1 amide bonds. The fraction of sp³-hybridized carbons (Fsp3) is 0.857. The predicted octanol–water partition coefficient (Wildman–Crippen LogP) is 1.41. The minimum absolute atomic E-state index is 0.0775. The molecule has 0 aromatic rings. The maximum absolute atomic E-state index is 12.3. The van der Waals surface area contributed by atoms with Crippen molar-refractivity contribution < 1.29 is 14.3 Å². The lowest BCUT2D eigenvalue weighted by atomic mass is 10.0. The quantitative estimate of drug-likeness (QED) is 0.678. The maximum atomic E-state index is 12.3. The SMILES string of the molecule is COC(=O)CCN(CC(C)C)C(=O)[C@H](N)CC(C)C. The molecule has 0 saturated heterocycles. The first-order valence-electron chi connectivity index (χ1n) is 6.89. The van der Waals surface area contributed by atoms with Gasteiger partial charge in [-0.2, -0.15) is 0 Å². The van der Waals surface area contributed by atoms with Gasteiger partial charge in [0.2, 0.25) is 5.91 Å². The van der Waals surface area contributed by atoms with Crippen molar-refractivity contribution in [2.24, 2.45) is 17.6 Å². The zero-order valence-corrected chi connectivity index (χ0v) is 12.8. The van der Waals surface area contributed by atoms with E-state index in [4.69, 9.17) is 5.73 Å². The van der Waals surface area contributed by atoms with Crippen molar-refractivity contribution in [2.45, 2.75) is 46.6 Å². The van der Waals surface area contributed by atoms with E-state index in [1.807, 2.05) is 27.7 Å². The van der Waals surface area contributed by atoms with Crippen LogP contribution < -0.4 is 5.73 Å². The molecule has 0 unspecified atom stereocenters. The summed E-state index contributed by atoms with van der Waals surface area (Å²) in [5.74, 6) is 0.332. The van der Waals surface area contributed by atoms with E-state index in [0.29, 0.717) is 31.3 Å². The van der Waals surface area contributed by atoms with Gasteiger partial charge in [0.1, 0.15) is 0 Å². The molecule has 0 aromatic carbocycles. The van der Waals surface area contributed by atoms with Crippen LogP contribution in [0.1, 0.15) is 40.5 Å². The molecule has 0 aliphatic rings. The van der Waals surface area contributed by atoms with E-state index in [0.717, 1.165) is 0 Å². The zero-order valence-electron chi connectivity index (χ0n) is 12.8. The number of amides is 1. The van der Waals surface area contributed by atoms with E-state index in [1.165, 1.54) is 7.11 Å². The Morgan fingerprint density at radius 2 is 1.74 bits per heavy atom. The van der Waals surface area contributed by atoms with Crippen LogP contribution in [0.25, 0.3) is 0 Å². The van der Waals surface area contributed by atoms with Crippen LogP contribution in [0.15, 0.2) is 0 Å². The summed E-state index contributed by atoms with van der Waals surface area (Å²) >= 11 is 0. The summed E-state index contributed by atoms with van der Waals surface area (Å²) < 4.78 is 4.60. The number of rotatable bonds is 8. The van der Waals surface area contributed by atoms with Crippen LogP contribution in [0.5, 0.6) is 0 Å². The number of carbonyl (C=O) groups excluding carboxylic acids is 2. The molecule has 0 aliphatic heterocycles. The first-order chi connectivity index (χ1) is 8.77. The normalized spacial score (nSPS) is 12.6. The lowest BCUT2D eigenvalue weighted by molar-refractivity contribution is -0.142. The summed E-state index contributed by atoms with van der Waals surface area (Å²) in [5, 5.41) is 0. The van der Waals surface area contributed by atoms with Gasteiger partial charge in [-0.3, -0.25) is 9.59 Å². The van der Waals surface area contributed by atoms with Gasteiger partial charge in [-0.25, -0.2) is 0 Å². The second kappa shape index (κ2) is 8.91. The van der Waals surface area contributed by atoms with Crippen molar-refractivity contribution in [2.75, 3.05) is 20.2 Å². The van der Waals surface area contributed by atoms with Gasteiger partial charge in [-0.05, 0) is 18.3 Å². The van der Waals surface area contributed by atoms with Gasteiger partial charge in [-0.15, -0.1) is 0 Å². The molecule has 0 aromatic heterocycles. The fourth-order valence-electron chi connectivity index (χ4n) is 1.90. The van der Waals surface area contributed by atoms with E-state index in [1.54, 1.807) is 4.90 Å². The maximum Gasteiger partial charge on any atom is 0.307 e. The van der Waals surface area contributed by atoms with Crippen molar-refractivity contribution in [3.05, 3.63) is 0 Å². The lowest BCUT2D eigenvalue weighted by Crippen LogP contribution is -2.46. The molecule has 2 N–H and O–H groups in total. The highest BCUT2D eigenvalue weighted by molar-refractivity contribution is 5.82. The Morgan fingerprint density at radius 3 is 2.16 bits per heavy atom. The van der Waals surface area contributed by atoms with E-state index in [9.17, 15) is 9.59 Å². The summed E-state index contributed by atoms with van der Waals surface area (Å²) in [5.41, 5.74) is 5.93. The highest BCUT2D eigenvalue weighted by Crippen LogP contribution is 2.09. The number of ether oxygens (including phenoxy) is 1. The minimum Gasteiger partial charge on any atom is -0.469 e. The first-order valence-corrected chi connectivity index (χ1v) is 6.89. The average molecular weight is 272 g/mol. The Balaban J connectivity index is 4.54. The summed E-state index contributed by atoms with van der Waals surface area (Å²) in [4.78, 5) is 25.1. The molecule has 112 valence electrons. The molecule has 0 aliphatic carbocycles. The van der Waals surface area contributed by atoms with Crippen LogP contribution in [0, 0.1) is 11.8 Å². The number of nitrogens with zero attached hydrogens (tertiary/aromatic N) is 1. The van der Waals surface area contributed by atoms with Gasteiger partial charge in [0.15, 0.2) is 0 Å². The second-order valence-electron chi connectivity index (χ2n) is 5.74. The highest BCUT2D eigenvalue weighted by Gasteiger charge is 2.23. The van der Waals surface area contributed by atoms with Crippen molar-refractivity contribution in [1.82, 2.24) is 4.90 Å². The third-order valence-corrected chi connectivity index (χ3v) is 2.75. The van der Waals surface area contributed by atoms with Gasteiger partial charge in [0, 0.05) is 13.1 Å². The van der Waals surface area contributed by atoms with E-state index >= 15 is 0 Å². The molecule has 0 heterocycles. The van der Waals surface area contributed by atoms with Crippen molar-refractivity contribution in [3.8, 4) is 0 Å². The molecule has 0 spiro atoms. The molecular formula is C14H28N2O3. The number of hydrogen-bond donors (Lipinski definition) is 1. The molecule has 19 heavy (non-hydrogen) atoms. The average Bonchev–Trinajstić information content (AvgIpc) is 2.31. The summed E-state index contributed by atoms with van der Waals surface area (Å²) in [6.45, 7) is 9.12. The molecule has 0 bridgehead atoms. The number of esters is 1. The summed E-state index contributed by atoms with van der Waals surface area (Å²) in [7, 11) is 1.35. The highest BCUT2D eigenvalue weighted by atomic mass is 16.5. The third-order valence-electron chi connectivity index (χ3n) is 2.75. The third kappa shape index (κ3) is 7.82. The molecular weight excluding hydrogens is 244 g/mol. The van der Waals surface area contributed by atoms with Crippen LogP contribution >= 0.6 is 0 Å². The second-order valence-corrected chi connectivity index (χ2v) is 5.74. The van der Waals surface area contributed by atoms with E-state index < -0.39 is 6.04 Å². The monoisotopic (exact) mass is 272 g/mol. The molecule has 0 rings (SSSR count). The van der Waals surface area contributed by atoms with Crippen LogP contribution in [0.3, 0.4) is 0 Å². The predicted molar refractivity (Wildman–Crippen MR) is 75.5 cm³/mol. The lowest BCUT2D eigenvalue weighted by Gasteiger charge is -2.27. The Hall–Kier alpha value is -1.10. The van der Waals surface area contributed by atoms with Crippen molar-refractivity contribution in [1.29, 1.82) is 0 Å². The minimum atomic E-state index is -0.489. The molecule has 1 atom stereocenters. The fourth-order valence-corrected chi connectivity index (χ4v) is 1.90. The number of methoxy groups -OCH3 is 1. The largest absolute Gasteiger partial charge is 0.469 e. The van der Waals surface area contributed by atoms with Crippen molar-refractivity contribution >= 4 is 11.9 Å². The summed E-state index contributed by atoms with van der Waals surface area (Å²) in [6.07, 6.45) is 0.870. The first kappa shape index (κ1) is 17.9. The van der Waals surface area contributed by atoms with Gasteiger partial charge in [0.25, 0.3) is 0 Å². The molecule has 5 heteroatoms. The van der Waals surface area contributed by atoms with Crippen LogP contribution in [0.4, 0.5) is 0 Å². The number of nitrogens with two attached hydrogens (primary N) is 1. The van der Waals surface area contributed by atoms with Gasteiger partial charge in [-0.1, -0.05) is 27.7 Å². The van der Waals surface area contributed by atoms with Gasteiger partial charge < -0.3 is 15.4 Å². The number of carbonyl (C=O) groups is 2. The Kier molecular flexibility index (Phi) is 8.39. The smallest absolute Gasteiger partial charge is 0.307 e. The molecule has 5 nitrogen and oxygen atoms in total. The summed E-state index contributed by atoms with van der Waals surface area (Å²) in [6, 6.07) is -0.489. The van der Waals surface area contributed by atoms with Crippen LogP contribution in [-0.4, -0.2) is 43.0 Å². The van der Waals surface area contributed by atoms with Crippen LogP contribution in [-0.2, 0) is 14.3 Å². The van der Waals surface area contributed by atoms with Crippen molar-refractivity contribution in [3.63, 3.8) is 0 Å². The van der Waals surface area contributed by atoms with Gasteiger partial charge >= 0.3 is 5.97 Å². The molecule has 0 saturated carbocycles. The van der Waals surface area contributed by atoms with Crippen LogP contribution in [0.2, 0.25) is 0 Å². The molecule has 0 fully saturated rings. The zero-order chi connectivity index (χ0) is 15.0. The molecule has 0 radical (unpaired) electrons. The van der Waals surface area contributed by atoms with E-state index in [-0.39, 0.29) is 18.3 Å². The Bertz CT molecular complexity index is 290.